The molecular formula is C2H8Cl2OSn. The molecule has 0 bridgehead atoms. The summed E-state index contributed by atoms with van der Waals surface area (Å²) < 4.78 is 0. The number of hydrogen-bond donors (Lipinski definition) is 0. The third kappa shape index (κ3) is 56.1. The summed E-state index contributed by atoms with van der Waals surface area (Å²) in [6, 6.07) is 0. The fourth-order valence-corrected chi connectivity index (χ4v) is 0. The van der Waals surface area contributed by atoms with Crippen molar-refractivity contribution in [2.45, 2.75) is 9.88 Å². The molecule has 0 amide bonds. The fourth-order valence-electron chi connectivity index (χ4n) is 0. The molecule has 0 saturated carbocycles. The van der Waals surface area contributed by atoms with Gasteiger partial charge in [-0.15, -0.1) is 0 Å². The second kappa shape index (κ2) is 3.35. The summed E-state index contributed by atoms with van der Waals surface area (Å²) in [5.41, 5.74) is 0. The Morgan fingerprint density at radius 2 is 1.17 bits per heavy atom. The van der Waals surface area contributed by atoms with Crippen LogP contribution in [0.5, 0.6) is 0 Å². The van der Waals surface area contributed by atoms with Crippen LogP contribution in [0.15, 0.2) is 0 Å². The van der Waals surface area contributed by atoms with Crippen molar-refractivity contribution in [3.8, 4) is 0 Å². The Morgan fingerprint density at radius 3 is 1.17 bits per heavy atom. The molecule has 0 fully saturated rings. The first-order valence-corrected chi connectivity index (χ1v) is 14.3. The van der Waals surface area contributed by atoms with E-state index in [1.165, 1.54) is 0 Å². The molecule has 0 heterocycles. The van der Waals surface area contributed by atoms with Gasteiger partial charge in [0, 0.05) is 0 Å². The molecule has 0 atom stereocenters. The molecule has 0 rings (SSSR count). The molecule has 0 aliphatic rings. The molecule has 0 spiro atoms. The fraction of sp³-hybridized carbons (Fsp3) is 1.00. The maximum atomic E-state index is 5.51. The second-order valence-electron chi connectivity index (χ2n) is 1.33. The van der Waals surface area contributed by atoms with Crippen LogP contribution in [0.2, 0.25) is 9.88 Å². The van der Waals surface area contributed by atoms with Crippen molar-refractivity contribution in [3.63, 3.8) is 0 Å². The van der Waals surface area contributed by atoms with Crippen molar-refractivity contribution in [3.05, 3.63) is 0 Å². The van der Waals surface area contributed by atoms with E-state index in [1.807, 2.05) is 9.88 Å². The zero-order chi connectivity index (χ0) is 4.50. The molecule has 0 aromatic rings. The predicted molar refractivity (Wildman–Crippen MR) is 32.8 cm³/mol. The zero-order valence-corrected chi connectivity index (χ0v) is 8.12. The first-order valence-electron chi connectivity index (χ1n) is 1.38. The third-order valence-electron chi connectivity index (χ3n) is 0. The molecule has 0 unspecified atom stereocenters. The van der Waals surface area contributed by atoms with E-state index < -0.39 is 16.1 Å². The van der Waals surface area contributed by atoms with E-state index in [-0.39, 0.29) is 5.48 Å². The van der Waals surface area contributed by atoms with Crippen molar-refractivity contribution in [1.29, 1.82) is 0 Å². The molecule has 0 saturated heterocycles. The standard InChI is InChI=1S/2CH3.2ClH.H2O.Sn/h2*1H3;2*1H;1H2;/q;;;;;+2/p-2. The molecule has 6 heavy (non-hydrogen) atoms. The van der Waals surface area contributed by atoms with Gasteiger partial charge < -0.3 is 5.48 Å². The SMILES string of the molecule is O.[CH3][Sn]([CH3])([Cl])[Cl]. The Morgan fingerprint density at radius 1 is 1.17 bits per heavy atom. The predicted octanol–water partition coefficient (Wildman–Crippen LogP) is 1.34. The van der Waals surface area contributed by atoms with Crippen LogP contribution in [-0.4, -0.2) is 21.6 Å². The van der Waals surface area contributed by atoms with Crippen molar-refractivity contribution >= 4 is 34.0 Å². The molecular weight excluding hydrogens is 230 g/mol. The monoisotopic (exact) mass is 238 g/mol. The summed E-state index contributed by atoms with van der Waals surface area (Å²) in [7, 11) is 11.0. The third-order valence-corrected chi connectivity index (χ3v) is 0. The van der Waals surface area contributed by atoms with Crippen molar-refractivity contribution in [2.75, 3.05) is 0 Å². The minimum absolute atomic E-state index is 0. The molecule has 0 aromatic heterocycles. The number of hydrogen-bond acceptors (Lipinski definition) is 0. The molecule has 0 aromatic carbocycles. The van der Waals surface area contributed by atoms with Crippen molar-refractivity contribution < 1.29 is 5.48 Å². The topological polar surface area (TPSA) is 31.5 Å². The van der Waals surface area contributed by atoms with Crippen LogP contribution < -0.4 is 0 Å². The van der Waals surface area contributed by atoms with E-state index in [1.54, 1.807) is 0 Å². The van der Waals surface area contributed by atoms with Gasteiger partial charge in [-0.25, -0.2) is 0 Å². The van der Waals surface area contributed by atoms with E-state index in [2.05, 4.69) is 0 Å². The van der Waals surface area contributed by atoms with Crippen LogP contribution in [0.1, 0.15) is 0 Å². The molecule has 2 N–H and O–H groups in total. The van der Waals surface area contributed by atoms with Gasteiger partial charge in [0.2, 0.25) is 0 Å². The van der Waals surface area contributed by atoms with Gasteiger partial charge in [-0.1, -0.05) is 0 Å². The summed E-state index contributed by atoms with van der Waals surface area (Å²) in [5.74, 6) is 0. The summed E-state index contributed by atoms with van der Waals surface area (Å²) in [6.45, 7) is 0. The van der Waals surface area contributed by atoms with E-state index in [0.29, 0.717) is 0 Å². The number of rotatable bonds is 0. The van der Waals surface area contributed by atoms with Crippen LogP contribution in [0.4, 0.5) is 0 Å². The van der Waals surface area contributed by atoms with Gasteiger partial charge in [0.05, 0.1) is 0 Å². The summed E-state index contributed by atoms with van der Waals surface area (Å²) in [6.07, 6.45) is 0. The average molecular weight is 238 g/mol. The molecule has 0 radical (unpaired) electrons. The quantitative estimate of drug-likeness (QED) is 0.570. The summed E-state index contributed by atoms with van der Waals surface area (Å²) >= 11 is -2.24. The normalized spacial score (nSPS) is 10.0. The van der Waals surface area contributed by atoms with Crippen LogP contribution in [0, 0.1) is 0 Å². The van der Waals surface area contributed by atoms with Gasteiger partial charge in [0.25, 0.3) is 0 Å². The molecule has 40 valence electrons. The Bertz CT molecular complexity index is 27.0. The Hall–Kier alpha value is 1.34. The molecule has 4 heteroatoms. The van der Waals surface area contributed by atoms with E-state index in [4.69, 9.17) is 17.8 Å². The zero-order valence-electron chi connectivity index (χ0n) is 3.76. The van der Waals surface area contributed by atoms with Gasteiger partial charge in [0.1, 0.15) is 0 Å². The van der Waals surface area contributed by atoms with E-state index in [9.17, 15) is 0 Å². The van der Waals surface area contributed by atoms with E-state index >= 15 is 0 Å². The minimum atomic E-state index is -2.24. The van der Waals surface area contributed by atoms with Crippen LogP contribution in [-0.2, 0) is 0 Å². The Labute approximate surface area is 49.2 Å². The van der Waals surface area contributed by atoms with Gasteiger partial charge >= 0.3 is 43.8 Å². The Balaban J connectivity index is 0. The average Bonchev–Trinajstić information content (AvgIpc) is 0.722. The van der Waals surface area contributed by atoms with Crippen molar-refractivity contribution in [2.24, 2.45) is 0 Å². The molecule has 1 nitrogen and oxygen atoms in total. The first kappa shape index (κ1) is 10.3. The van der Waals surface area contributed by atoms with Crippen molar-refractivity contribution in [1.82, 2.24) is 0 Å². The van der Waals surface area contributed by atoms with Gasteiger partial charge in [-0.05, 0) is 0 Å². The molecule has 0 aliphatic carbocycles. The Kier molecular flexibility index (Phi) is 5.78. The van der Waals surface area contributed by atoms with Crippen LogP contribution >= 0.6 is 17.8 Å². The van der Waals surface area contributed by atoms with Crippen LogP contribution in [0.3, 0.4) is 0 Å². The van der Waals surface area contributed by atoms with Crippen LogP contribution in [0.25, 0.3) is 0 Å². The second-order valence-corrected chi connectivity index (χ2v) is 22.9. The first-order chi connectivity index (χ1) is 2.00. The van der Waals surface area contributed by atoms with Gasteiger partial charge in [0.15, 0.2) is 0 Å². The molecule has 0 aliphatic heterocycles. The summed E-state index contributed by atoms with van der Waals surface area (Å²) in [4.78, 5) is 3.86. The van der Waals surface area contributed by atoms with Gasteiger partial charge in [-0.3, -0.25) is 0 Å². The number of halogens is 2. The maximum absolute atomic E-state index is 5.51. The van der Waals surface area contributed by atoms with Gasteiger partial charge in [-0.2, -0.15) is 0 Å². The summed E-state index contributed by atoms with van der Waals surface area (Å²) in [5, 5.41) is 0. The van der Waals surface area contributed by atoms with E-state index in [0.717, 1.165) is 0 Å².